The summed E-state index contributed by atoms with van der Waals surface area (Å²) in [6, 6.07) is 1.82. The highest BCUT2D eigenvalue weighted by Gasteiger charge is 2.12. The number of hydrogen-bond acceptors (Lipinski definition) is 4. The highest BCUT2D eigenvalue weighted by atomic mass is 16.5. The van der Waals surface area contributed by atoms with Gasteiger partial charge in [-0.1, -0.05) is 6.42 Å². The van der Waals surface area contributed by atoms with E-state index in [4.69, 9.17) is 10.00 Å². The van der Waals surface area contributed by atoms with E-state index in [0.717, 1.165) is 31.6 Å². The normalized spacial score (nSPS) is 19.3. The number of hydrogen-bond donors (Lipinski definition) is 0. The average molecular weight is 249 g/mol. The van der Waals surface area contributed by atoms with Crippen molar-refractivity contribution in [1.29, 1.82) is 5.26 Å². The SMILES string of the molecule is CCOC(=O)/C(C#N)=C\N=C1CCCCCN1C. The van der Waals surface area contributed by atoms with Crippen molar-refractivity contribution in [2.75, 3.05) is 20.2 Å². The third-order valence-electron chi connectivity index (χ3n) is 2.79. The van der Waals surface area contributed by atoms with Crippen molar-refractivity contribution in [3.8, 4) is 6.07 Å². The third-order valence-corrected chi connectivity index (χ3v) is 2.79. The van der Waals surface area contributed by atoms with Crippen LogP contribution in [0.25, 0.3) is 0 Å². The Kier molecular flexibility index (Phi) is 5.92. The molecule has 0 aromatic rings. The number of amidine groups is 1. The molecule has 98 valence electrons. The van der Waals surface area contributed by atoms with Crippen molar-refractivity contribution in [2.24, 2.45) is 4.99 Å². The van der Waals surface area contributed by atoms with E-state index in [1.165, 1.54) is 12.6 Å². The van der Waals surface area contributed by atoms with Crippen molar-refractivity contribution >= 4 is 11.8 Å². The van der Waals surface area contributed by atoms with Crippen molar-refractivity contribution in [2.45, 2.75) is 32.6 Å². The summed E-state index contributed by atoms with van der Waals surface area (Å²) in [5.74, 6) is 0.310. The fourth-order valence-corrected chi connectivity index (χ4v) is 1.77. The molecule has 0 aromatic carbocycles. The van der Waals surface area contributed by atoms with E-state index >= 15 is 0 Å². The van der Waals surface area contributed by atoms with Crippen LogP contribution in [0.5, 0.6) is 0 Å². The lowest BCUT2D eigenvalue weighted by atomic mass is 10.2. The predicted molar refractivity (Wildman–Crippen MR) is 68.9 cm³/mol. The molecule has 5 heteroatoms. The number of nitriles is 1. The van der Waals surface area contributed by atoms with Crippen LogP contribution in [0, 0.1) is 11.3 Å². The average Bonchev–Trinajstić information content (AvgIpc) is 2.56. The maximum atomic E-state index is 11.4. The highest BCUT2D eigenvalue weighted by molar-refractivity contribution is 5.93. The van der Waals surface area contributed by atoms with E-state index in [9.17, 15) is 4.79 Å². The molecule has 0 amide bonds. The molecule has 0 aliphatic carbocycles. The van der Waals surface area contributed by atoms with E-state index in [1.54, 1.807) is 6.92 Å². The quantitative estimate of drug-likeness (QED) is 0.435. The van der Waals surface area contributed by atoms with Gasteiger partial charge >= 0.3 is 5.97 Å². The predicted octanol–water partition coefficient (Wildman–Crippen LogP) is 1.86. The maximum Gasteiger partial charge on any atom is 0.350 e. The van der Waals surface area contributed by atoms with Crippen LogP contribution in [0.3, 0.4) is 0 Å². The van der Waals surface area contributed by atoms with Crippen LogP contribution < -0.4 is 0 Å². The summed E-state index contributed by atoms with van der Waals surface area (Å²) in [5, 5.41) is 8.87. The van der Waals surface area contributed by atoms with Gasteiger partial charge in [0.2, 0.25) is 0 Å². The maximum absolute atomic E-state index is 11.4. The number of aliphatic imine (C=N–C) groups is 1. The van der Waals surface area contributed by atoms with Crippen LogP contribution in [0.4, 0.5) is 0 Å². The lowest BCUT2D eigenvalue weighted by Crippen LogP contribution is -2.25. The molecule has 1 aliphatic rings. The monoisotopic (exact) mass is 249 g/mol. The summed E-state index contributed by atoms with van der Waals surface area (Å²) in [6.45, 7) is 2.93. The number of carbonyl (C=O) groups is 1. The van der Waals surface area contributed by atoms with Gasteiger partial charge in [-0.05, 0) is 19.8 Å². The fourth-order valence-electron chi connectivity index (χ4n) is 1.77. The molecule has 1 heterocycles. The Morgan fingerprint density at radius 1 is 1.56 bits per heavy atom. The summed E-state index contributed by atoms with van der Waals surface area (Å²) in [6.07, 6.45) is 5.64. The molecule has 0 bridgehead atoms. The number of esters is 1. The Labute approximate surface area is 108 Å². The molecule has 1 aliphatic heterocycles. The van der Waals surface area contributed by atoms with Gasteiger partial charge in [0.05, 0.1) is 12.8 Å². The summed E-state index contributed by atoms with van der Waals surface area (Å²) < 4.78 is 4.77. The Morgan fingerprint density at radius 3 is 3.00 bits per heavy atom. The van der Waals surface area contributed by atoms with Crippen LogP contribution in [0.1, 0.15) is 32.6 Å². The Balaban J connectivity index is 2.79. The number of carbonyl (C=O) groups excluding carboxylic acids is 1. The minimum Gasteiger partial charge on any atom is -0.462 e. The second-order valence-electron chi connectivity index (χ2n) is 4.15. The molecule has 1 rings (SSSR count). The molecule has 18 heavy (non-hydrogen) atoms. The van der Waals surface area contributed by atoms with Crippen molar-refractivity contribution in [1.82, 2.24) is 4.90 Å². The van der Waals surface area contributed by atoms with Crippen molar-refractivity contribution in [3.05, 3.63) is 11.8 Å². The molecule has 0 saturated carbocycles. The number of ether oxygens (including phenoxy) is 1. The first kappa shape index (κ1) is 14.2. The second-order valence-corrected chi connectivity index (χ2v) is 4.15. The van der Waals surface area contributed by atoms with Crippen molar-refractivity contribution in [3.63, 3.8) is 0 Å². The number of rotatable bonds is 3. The van der Waals surface area contributed by atoms with Gasteiger partial charge in [-0.2, -0.15) is 5.26 Å². The second kappa shape index (κ2) is 7.49. The third kappa shape index (κ3) is 4.21. The zero-order valence-corrected chi connectivity index (χ0v) is 11.0. The molecule has 0 radical (unpaired) electrons. The fraction of sp³-hybridized carbons (Fsp3) is 0.615. The van der Waals surface area contributed by atoms with E-state index in [2.05, 4.69) is 9.89 Å². The van der Waals surface area contributed by atoms with E-state index in [-0.39, 0.29) is 12.2 Å². The molecule has 0 atom stereocenters. The Hall–Kier alpha value is -1.83. The smallest absolute Gasteiger partial charge is 0.350 e. The van der Waals surface area contributed by atoms with Gasteiger partial charge in [-0.15, -0.1) is 0 Å². The van der Waals surface area contributed by atoms with Gasteiger partial charge in [0.25, 0.3) is 0 Å². The zero-order valence-electron chi connectivity index (χ0n) is 11.0. The minimum atomic E-state index is -0.611. The number of nitrogens with zero attached hydrogens (tertiary/aromatic N) is 3. The van der Waals surface area contributed by atoms with Gasteiger partial charge in [0.1, 0.15) is 11.9 Å². The first-order valence-electron chi connectivity index (χ1n) is 6.24. The molecule has 5 nitrogen and oxygen atoms in total. The molecule has 0 N–H and O–H groups in total. The summed E-state index contributed by atoms with van der Waals surface area (Å²) in [4.78, 5) is 17.7. The molecule has 1 fully saturated rings. The van der Waals surface area contributed by atoms with Crippen LogP contribution in [-0.2, 0) is 9.53 Å². The molecule has 0 unspecified atom stereocenters. The summed E-state index contributed by atoms with van der Waals surface area (Å²) in [5.41, 5.74) is -0.0537. The highest BCUT2D eigenvalue weighted by Crippen LogP contribution is 2.11. The van der Waals surface area contributed by atoms with Gasteiger partial charge < -0.3 is 9.64 Å². The standard InChI is InChI=1S/C13H19N3O2/c1-3-18-13(17)11(9-14)10-15-12-7-5-4-6-8-16(12)2/h10H,3-8H2,1-2H3/b11-10-,15-12?. The molecule has 0 spiro atoms. The summed E-state index contributed by atoms with van der Waals surface area (Å²) >= 11 is 0. The van der Waals surface area contributed by atoms with Crippen LogP contribution >= 0.6 is 0 Å². The lowest BCUT2D eigenvalue weighted by molar-refractivity contribution is -0.138. The topological polar surface area (TPSA) is 65.7 Å². The van der Waals surface area contributed by atoms with Crippen LogP contribution in [0.15, 0.2) is 16.8 Å². The Bertz CT molecular complexity index is 394. The van der Waals surface area contributed by atoms with Crippen LogP contribution in [-0.4, -0.2) is 36.9 Å². The van der Waals surface area contributed by atoms with E-state index < -0.39 is 5.97 Å². The van der Waals surface area contributed by atoms with Gasteiger partial charge in [-0.3, -0.25) is 0 Å². The van der Waals surface area contributed by atoms with E-state index in [1.807, 2.05) is 13.1 Å². The summed E-state index contributed by atoms with van der Waals surface area (Å²) in [7, 11) is 1.98. The first-order chi connectivity index (χ1) is 8.69. The van der Waals surface area contributed by atoms with Gasteiger partial charge in [0.15, 0.2) is 5.57 Å². The van der Waals surface area contributed by atoms with E-state index in [0.29, 0.717) is 0 Å². The molecule has 1 saturated heterocycles. The Morgan fingerprint density at radius 2 is 2.33 bits per heavy atom. The number of likely N-dealkylation sites (tertiary alicyclic amines) is 1. The largest absolute Gasteiger partial charge is 0.462 e. The lowest BCUT2D eigenvalue weighted by Gasteiger charge is -2.17. The molecular formula is C13H19N3O2. The van der Waals surface area contributed by atoms with Crippen molar-refractivity contribution < 1.29 is 9.53 Å². The van der Waals surface area contributed by atoms with Gasteiger partial charge in [-0.25, -0.2) is 9.79 Å². The first-order valence-corrected chi connectivity index (χ1v) is 6.24. The molecule has 0 aromatic heterocycles. The van der Waals surface area contributed by atoms with Crippen LogP contribution in [0.2, 0.25) is 0 Å². The minimum absolute atomic E-state index is 0.0537. The molecular weight excluding hydrogens is 230 g/mol. The van der Waals surface area contributed by atoms with Gasteiger partial charge in [0, 0.05) is 20.0 Å². The zero-order chi connectivity index (χ0) is 13.4.